The average Bonchev–Trinajstić information content (AvgIpc) is 3.26. The molecule has 160 valence electrons. The van der Waals surface area contributed by atoms with Crippen molar-refractivity contribution in [1.82, 2.24) is 24.6 Å². The quantitative estimate of drug-likeness (QED) is 0.774. The van der Waals surface area contributed by atoms with E-state index in [2.05, 4.69) is 25.3 Å². The summed E-state index contributed by atoms with van der Waals surface area (Å²) in [6, 6.07) is 0.0396. The molecule has 0 spiro atoms. The van der Waals surface area contributed by atoms with Gasteiger partial charge in [-0.1, -0.05) is 20.3 Å². The van der Waals surface area contributed by atoms with Gasteiger partial charge in [0.1, 0.15) is 5.82 Å². The molecule has 0 unspecified atom stereocenters. The third kappa shape index (κ3) is 4.01. The number of imidazole rings is 1. The predicted molar refractivity (Wildman–Crippen MR) is 105 cm³/mol. The van der Waals surface area contributed by atoms with Crippen molar-refractivity contribution in [3.05, 3.63) is 29.5 Å². The Morgan fingerprint density at radius 1 is 1.28 bits per heavy atom. The van der Waals surface area contributed by atoms with Crippen LogP contribution in [0.25, 0.3) is 0 Å². The molecule has 2 aromatic heterocycles. The van der Waals surface area contributed by atoms with Crippen LogP contribution in [0.1, 0.15) is 68.7 Å². The van der Waals surface area contributed by atoms with Crippen LogP contribution < -0.4 is 5.32 Å². The van der Waals surface area contributed by atoms with Crippen LogP contribution in [0.4, 0.5) is 19.0 Å². The minimum absolute atomic E-state index is 0.00568. The van der Waals surface area contributed by atoms with E-state index in [9.17, 15) is 13.2 Å². The van der Waals surface area contributed by atoms with Crippen LogP contribution >= 0.6 is 0 Å². The number of H-pyrrole nitrogens is 1. The van der Waals surface area contributed by atoms with Gasteiger partial charge >= 0.3 is 6.18 Å². The summed E-state index contributed by atoms with van der Waals surface area (Å²) in [5.41, 5.74) is 2.73. The second-order valence-corrected chi connectivity index (χ2v) is 8.64. The molecule has 6 nitrogen and oxygen atoms in total. The first-order valence-corrected chi connectivity index (χ1v) is 10.4. The summed E-state index contributed by atoms with van der Waals surface area (Å²) in [6.07, 6.45) is 0.398. The highest BCUT2D eigenvalue weighted by Crippen LogP contribution is 2.42. The largest absolute Gasteiger partial charge is 0.410 e. The number of hydrogen-bond donors (Lipinski definition) is 2. The Labute approximate surface area is 168 Å². The molecule has 1 saturated heterocycles. The zero-order chi connectivity index (χ0) is 20.8. The lowest BCUT2D eigenvalue weighted by Gasteiger charge is -2.35. The van der Waals surface area contributed by atoms with Crippen LogP contribution in [0.2, 0.25) is 0 Å². The molecule has 4 rings (SSSR count). The second kappa shape index (κ2) is 7.66. The molecule has 9 heteroatoms. The maximum atomic E-state index is 13.8. The Morgan fingerprint density at radius 2 is 2.07 bits per heavy atom. The maximum Gasteiger partial charge on any atom is 0.410 e. The standard InChI is InChI=1S/C20H29F3N6/c1-12(2)14-8-18(20(21,22)23)29-19(26-14)9-15(27-29)17-6-4-5-7-28(17)10-16-13(3)24-11-25-16/h9,11-12,14,17-18,26H,4-8,10H2,1-3H3,(H,24,25)/t14-,17+,18+/m0/s1. The monoisotopic (exact) mass is 410 g/mol. The molecule has 3 atom stereocenters. The molecule has 0 radical (unpaired) electrons. The summed E-state index contributed by atoms with van der Waals surface area (Å²) in [5, 5.41) is 7.77. The molecule has 29 heavy (non-hydrogen) atoms. The van der Waals surface area contributed by atoms with Crippen molar-refractivity contribution in [2.75, 3.05) is 11.9 Å². The summed E-state index contributed by atoms with van der Waals surface area (Å²) in [4.78, 5) is 9.79. The summed E-state index contributed by atoms with van der Waals surface area (Å²) in [6.45, 7) is 7.46. The van der Waals surface area contributed by atoms with Gasteiger partial charge in [0.2, 0.25) is 0 Å². The number of nitrogens with zero attached hydrogens (tertiary/aromatic N) is 4. The topological polar surface area (TPSA) is 61.8 Å². The summed E-state index contributed by atoms with van der Waals surface area (Å²) >= 11 is 0. The zero-order valence-corrected chi connectivity index (χ0v) is 17.1. The van der Waals surface area contributed by atoms with E-state index in [1.54, 1.807) is 6.33 Å². The number of nitrogens with one attached hydrogen (secondary N) is 2. The Balaban J connectivity index is 1.64. The van der Waals surface area contributed by atoms with Gasteiger partial charge in [0.05, 0.1) is 23.8 Å². The summed E-state index contributed by atoms with van der Waals surface area (Å²) < 4.78 is 42.5. The molecule has 2 aliphatic heterocycles. The third-order valence-corrected chi connectivity index (χ3v) is 6.29. The number of alkyl halides is 3. The minimum atomic E-state index is -4.31. The molecule has 0 saturated carbocycles. The first kappa shape index (κ1) is 20.3. The van der Waals surface area contributed by atoms with Crippen molar-refractivity contribution in [2.45, 2.75) is 77.3 Å². The number of anilines is 1. The average molecular weight is 410 g/mol. The van der Waals surface area contributed by atoms with Crippen LogP contribution in [-0.4, -0.2) is 43.4 Å². The van der Waals surface area contributed by atoms with Gasteiger partial charge in [0, 0.05) is 24.3 Å². The molecule has 0 aliphatic carbocycles. The highest BCUT2D eigenvalue weighted by atomic mass is 19.4. The fourth-order valence-electron chi connectivity index (χ4n) is 4.48. The van der Waals surface area contributed by atoms with E-state index in [1.165, 1.54) is 4.68 Å². The molecular weight excluding hydrogens is 381 g/mol. The van der Waals surface area contributed by atoms with Gasteiger partial charge in [-0.2, -0.15) is 18.3 Å². The Hall–Kier alpha value is -2.03. The van der Waals surface area contributed by atoms with Crippen molar-refractivity contribution in [3.8, 4) is 0 Å². The molecule has 4 heterocycles. The highest BCUT2D eigenvalue weighted by molar-refractivity contribution is 5.42. The lowest BCUT2D eigenvalue weighted by atomic mass is 9.94. The van der Waals surface area contributed by atoms with Gasteiger partial charge < -0.3 is 10.3 Å². The van der Waals surface area contributed by atoms with Crippen LogP contribution in [0.3, 0.4) is 0 Å². The Kier molecular flexibility index (Phi) is 5.35. The van der Waals surface area contributed by atoms with Crippen molar-refractivity contribution in [3.63, 3.8) is 0 Å². The fourth-order valence-corrected chi connectivity index (χ4v) is 4.48. The van der Waals surface area contributed by atoms with Gasteiger partial charge in [0.25, 0.3) is 0 Å². The number of rotatable bonds is 4. The van der Waals surface area contributed by atoms with Gasteiger partial charge in [-0.3, -0.25) is 4.90 Å². The van der Waals surface area contributed by atoms with Gasteiger partial charge in [-0.25, -0.2) is 9.67 Å². The van der Waals surface area contributed by atoms with Crippen LogP contribution in [0.15, 0.2) is 12.4 Å². The molecule has 2 aromatic rings. The number of aryl methyl sites for hydroxylation is 1. The van der Waals surface area contributed by atoms with Crippen molar-refractivity contribution in [1.29, 1.82) is 0 Å². The summed E-state index contributed by atoms with van der Waals surface area (Å²) in [5.74, 6) is 0.592. The lowest BCUT2D eigenvalue weighted by molar-refractivity contribution is -0.174. The SMILES string of the molecule is Cc1[nH]cnc1CN1CCCC[C@@H]1c1cc2n(n1)[C@@H](C(F)(F)F)C[C@@H](C(C)C)N2. The molecule has 2 aliphatic rings. The van der Waals surface area contributed by atoms with Crippen LogP contribution in [-0.2, 0) is 6.54 Å². The summed E-state index contributed by atoms with van der Waals surface area (Å²) in [7, 11) is 0. The first-order valence-electron chi connectivity index (χ1n) is 10.4. The number of aromatic amines is 1. The second-order valence-electron chi connectivity index (χ2n) is 8.64. The van der Waals surface area contributed by atoms with Crippen molar-refractivity contribution >= 4 is 5.82 Å². The zero-order valence-electron chi connectivity index (χ0n) is 17.1. The first-order chi connectivity index (χ1) is 13.7. The molecule has 0 amide bonds. The number of likely N-dealkylation sites (tertiary alicyclic amines) is 1. The molecule has 0 bridgehead atoms. The maximum absolute atomic E-state index is 13.8. The number of aromatic nitrogens is 4. The van der Waals surface area contributed by atoms with Gasteiger partial charge in [0.15, 0.2) is 6.04 Å². The predicted octanol–water partition coefficient (Wildman–Crippen LogP) is 4.59. The molecule has 1 fully saturated rings. The molecular formula is C20H29F3N6. The normalized spacial score (nSPS) is 25.8. The van der Waals surface area contributed by atoms with Crippen LogP contribution in [0.5, 0.6) is 0 Å². The van der Waals surface area contributed by atoms with Crippen molar-refractivity contribution in [2.24, 2.45) is 5.92 Å². The van der Waals surface area contributed by atoms with E-state index in [4.69, 9.17) is 0 Å². The van der Waals surface area contributed by atoms with Gasteiger partial charge in [-0.15, -0.1) is 0 Å². The minimum Gasteiger partial charge on any atom is -0.367 e. The highest BCUT2D eigenvalue weighted by Gasteiger charge is 2.47. The van der Waals surface area contributed by atoms with E-state index >= 15 is 0 Å². The number of piperidine rings is 1. The Bertz CT molecular complexity index is 840. The van der Waals surface area contributed by atoms with E-state index in [-0.39, 0.29) is 24.4 Å². The molecule has 2 N–H and O–H groups in total. The van der Waals surface area contributed by atoms with Crippen LogP contribution in [0, 0.1) is 12.8 Å². The van der Waals surface area contributed by atoms with Crippen molar-refractivity contribution < 1.29 is 13.2 Å². The van der Waals surface area contributed by atoms with E-state index in [0.29, 0.717) is 12.4 Å². The lowest BCUT2D eigenvalue weighted by Crippen LogP contribution is -2.41. The smallest absolute Gasteiger partial charge is 0.367 e. The third-order valence-electron chi connectivity index (χ3n) is 6.29. The fraction of sp³-hybridized carbons (Fsp3) is 0.700. The number of halogens is 3. The van der Waals surface area contributed by atoms with Gasteiger partial charge in [-0.05, 0) is 38.6 Å². The van der Waals surface area contributed by atoms with E-state index in [1.807, 2.05) is 26.8 Å². The van der Waals surface area contributed by atoms with E-state index in [0.717, 1.165) is 42.9 Å². The Morgan fingerprint density at radius 3 is 2.72 bits per heavy atom. The molecule has 0 aromatic carbocycles. The number of fused-ring (bicyclic) bond motifs is 1. The number of hydrogen-bond acceptors (Lipinski definition) is 4. The van der Waals surface area contributed by atoms with E-state index < -0.39 is 12.2 Å².